The Morgan fingerprint density at radius 3 is 2.62 bits per heavy atom. The number of nitrogens with one attached hydrogen (secondary N) is 1. The first-order chi connectivity index (χ1) is 15.1. The van der Waals surface area contributed by atoms with Crippen LogP contribution in [0.2, 0.25) is 0 Å². The van der Waals surface area contributed by atoms with Gasteiger partial charge in [-0.1, -0.05) is 47.1 Å². The van der Waals surface area contributed by atoms with Crippen molar-refractivity contribution < 1.29 is 19.2 Å². The number of aliphatic imine (C=N–C) groups is 1. The number of aromatic nitrogens is 1. The SMILES string of the molecule is Cc1cc(C(C(=O)N2CC(O)CC2C2=NC(C)(c3ccc(Br)cc3)C(=O)N2)C(C)C)on1. The van der Waals surface area contributed by atoms with Crippen molar-refractivity contribution in [3.05, 3.63) is 51.8 Å². The molecule has 170 valence electrons. The van der Waals surface area contributed by atoms with Crippen LogP contribution in [0.1, 0.15) is 50.1 Å². The molecule has 4 unspecified atom stereocenters. The van der Waals surface area contributed by atoms with Gasteiger partial charge in [-0.3, -0.25) is 9.59 Å². The molecule has 1 fully saturated rings. The Morgan fingerprint density at radius 1 is 1.34 bits per heavy atom. The number of nitrogens with zero attached hydrogens (tertiary/aromatic N) is 3. The molecular formula is C23H27BrN4O4. The van der Waals surface area contributed by atoms with E-state index in [0.717, 1.165) is 10.0 Å². The van der Waals surface area contributed by atoms with Crippen LogP contribution in [0.25, 0.3) is 0 Å². The lowest BCUT2D eigenvalue weighted by Gasteiger charge is -2.29. The van der Waals surface area contributed by atoms with Crippen LogP contribution in [0.15, 0.2) is 44.3 Å². The Hall–Kier alpha value is -2.52. The second kappa shape index (κ2) is 8.44. The number of amidine groups is 1. The number of carbonyl (C=O) groups excluding carboxylic acids is 2. The van der Waals surface area contributed by atoms with Crippen LogP contribution in [-0.4, -0.2) is 51.5 Å². The lowest BCUT2D eigenvalue weighted by Crippen LogP contribution is -2.48. The summed E-state index contributed by atoms with van der Waals surface area (Å²) in [6.07, 6.45) is -0.394. The number of likely N-dealkylation sites (tertiary alicyclic amines) is 1. The van der Waals surface area contributed by atoms with Crippen LogP contribution in [0.4, 0.5) is 0 Å². The maximum atomic E-state index is 13.6. The number of amides is 2. The van der Waals surface area contributed by atoms with Crippen LogP contribution >= 0.6 is 15.9 Å². The molecule has 0 radical (unpaired) electrons. The van der Waals surface area contributed by atoms with Gasteiger partial charge < -0.3 is 19.8 Å². The van der Waals surface area contributed by atoms with Gasteiger partial charge in [0.25, 0.3) is 5.91 Å². The smallest absolute Gasteiger partial charge is 0.257 e. The third-order valence-corrected chi connectivity index (χ3v) is 6.73. The zero-order chi connectivity index (χ0) is 23.2. The summed E-state index contributed by atoms with van der Waals surface area (Å²) in [5.74, 6) is -0.107. The largest absolute Gasteiger partial charge is 0.391 e. The second-order valence-electron chi connectivity index (χ2n) is 9.02. The van der Waals surface area contributed by atoms with Crippen LogP contribution in [-0.2, 0) is 15.1 Å². The maximum absolute atomic E-state index is 13.6. The van der Waals surface area contributed by atoms with Crippen LogP contribution in [0.3, 0.4) is 0 Å². The minimum absolute atomic E-state index is 0.0404. The molecule has 2 aliphatic heterocycles. The van der Waals surface area contributed by atoms with Crippen molar-refractivity contribution in [1.82, 2.24) is 15.4 Å². The van der Waals surface area contributed by atoms with Gasteiger partial charge in [0, 0.05) is 23.5 Å². The molecule has 32 heavy (non-hydrogen) atoms. The summed E-state index contributed by atoms with van der Waals surface area (Å²) in [7, 11) is 0. The number of rotatable bonds is 5. The van der Waals surface area contributed by atoms with Gasteiger partial charge in [-0.25, -0.2) is 4.99 Å². The van der Waals surface area contributed by atoms with E-state index >= 15 is 0 Å². The third-order valence-electron chi connectivity index (χ3n) is 6.20. The van der Waals surface area contributed by atoms with E-state index in [4.69, 9.17) is 9.52 Å². The molecule has 2 aliphatic rings. The number of aliphatic hydroxyl groups excluding tert-OH is 1. The summed E-state index contributed by atoms with van der Waals surface area (Å²) >= 11 is 3.41. The lowest BCUT2D eigenvalue weighted by molar-refractivity contribution is -0.134. The maximum Gasteiger partial charge on any atom is 0.257 e. The number of halogens is 1. The van der Waals surface area contributed by atoms with E-state index in [1.165, 1.54) is 0 Å². The van der Waals surface area contributed by atoms with Crippen LogP contribution < -0.4 is 5.32 Å². The van der Waals surface area contributed by atoms with Gasteiger partial charge >= 0.3 is 0 Å². The Labute approximate surface area is 195 Å². The average molecular weight is 503 g/mol. The molecule has 1 aromatic heterocycles. The number of aryl methyl sites for hydroxylation is 1. The molecule has 2 aromatic rings. The van der Waals surface area contributed by atoms with Crippen LogP contribution in [0.5, 0.6) is 0 Å². The van der Waals surface area contributed by atoms with Gasteiger partial charge in [-0.05, 0) is 37.5 Å². The van der Waals surface area contributed by atoms with Gasteiger partial charge in [0.15, 0.2) is 5.54 Å². The summed E-state index contributed by atoms with van der Waals surface area (Å²) < 4.78 is 6.32. The molecule has 0 bridgehead atoms. The Morgan fingerprint density at radius 2 is 2.03 bits per heavy atom. The fourth-order valence-electron chi connectivity index (χ4n) is 4.45. The van der Waals surface area contributed by atoms with E-state index in [1.54, 1.807) is 17.9 Å². The second-order valence-corrected chi connectivity index (χ2v) is 9.93. The molecule has 1 saturated heterocycles. The van der Waals surface area contributed by atoms with Crippen molar-refractivity contribution in [3.8, 4) is 0 Å². The highest BCUT2D eigenvalue weighted by Crippen LogP contribution is 2.35. The third kappa shape index (κ3) is 3.99. The number of benzene rings is 1. The molecule has 3 heterocycles. The fraction of sp³-hybridized carbons (Fsp3) is 0.478. The first-order valence-corrected chi connectivity index (χ1v) is 11.5. The quantitative estimate of drug-likeness (QED) is 0.653. The molecule has 4 rings (SSSR count). The summed E-state index contributed by atoms with van der Waals surface area (Å²) in [5.41, 5.74) is 0.355. The average Bonchev–Trinajstić information content (AvgIpc) is 3.40. The fourth-order valence-corrected chi connectivity index (χ4v) is 4.71. The van der Waals surface area contributed by atoms with Gasteiger partial charge in [-0.2, -0.15) is 0 Å². The Balaban J connectivity index is 1.66. The van der Waals surface area contributed by atoms with Gasteiger partial charge in [0.2, 0.25) is 5.91 Å². The molecule has 2 amide bonds. The minimum atomic E-state index is -1.10. The molecule has 1 aromatic carbocycles. The molecule has 2 N–H and O–H groups in total. The molecule has 8 nitrogen and oxygen atoms in total. The highest BCUT2D eigenvalue weighted by Gasteiger charge is 2.48. The first-order valence-electron chi connectivity index (χ1n) is 10.7. The molecular weight excluding hydrogens is 476 g/mol. The highest BCUT2D eigenvalue weighted by atomic mass is 79.9. The number of β-amino-alcohol motifs (C(OH)–C–C–N with tert-alkyl or cyclic N) is 1. The van der Waals surface area contributed by atoms with E-state index in [0.29, 0.717) is 23.7 Å². The van der Waals surface area contributed by atoms with Crippen molar-refractivity contribution in [2.45, 2.75) is 57.7 Å². The lowest BCUT2D eigenvalue weighted by atomic mass is 9.91. The summed E-state index contributed by atoms with van der Waals surface area (Å²) in [4.78, 5) is 32.9. The monoisotopic (exact) mass is 502 g/mol. The van der Waals surface area contributed by atoms with Crippen molar-refractivity contribution >= 4 is 33.6 Å². The van der Waals surface area contributed by atoms with Crippen LogP contribution in [0, 0.1) is 12.8 Å². The molecule has 9 heteroatoms. The van der Waals surface area contributed by atoms with E-state index < -0.39 is 23.6 Å². The summed E-state index contributed by atoms with van der Waals surface area (Å²) in [6, 6.07) is 8.67. The normalized spacial score (nSPS) is 26.4. The Kier molecular flexibility index (Phi) is 5.98. The van der Waals surface area contributed by atoms with Crippen molar-refractivity contribution in [3.63, 3.8) is 0 Å². The van der Waals surface area contributed by atoms with Crippen molar-refractivity contribution in [2.75, 3.05) is 6.54 Å². The molecule has 0 spiro atoms. The van der Waals surface area contributed by atoms with Crippen molar-refractivity contribution in [2.24, 2.45) is 10.9 Å². The first kappa shape index (κ1) is 22.7. The standard InChI is InChI=1S/C23H27BrN4O4/c1-12(2)19(18-9-13(3)27-32-18)21(30)28-11-16(29)10-17(28)20-25-22(31)23(4,26-20)14-5-7-15(24)8-6-14/h5-9,12,16-17,19,29H,10-11H2,1-4H3,(H,25,26,31). The van der Waals surface area contributed by atoms with Gasteiger partial charge in [0.05, 0.1) is 17.8 Å². The highest BCUT2D eigenvalue weighted by molar-refractivity contribution is 9.10. The number of hydrogen-bond acceptors (Lipinski definition) is 6. The molecule has 0 saturated carbocycles. The number of carbonyl (C=O) groups is 2. The van der Waals surface area contributed by atoms with E-state index in [9.17, 15) is 14.7 Å². The van der Waals surface area contributed by atoms with E-state index in [-0.39, 0.29) is 24.3 Å². The predicted molar refractivity (Wildman–Crippen MR) is 122 cm³/mol. The molecule has 0 aliphatic carbocycles. The predicted octanol–water partition coefficient (Wildman–Crippen LogP) is 2.89. The van der Waals surface area contributed by atoms with Crippen molar-refractivity contribution in [1.29, 1.82) is 0 Å². The zero-order valence-corrected chi connectivity index (χ0v) is 20.1. The minimum Gasteiger partial charge on any atom is -0.391 e. The molecule has 4 atom stereocenters. The van der Waals surface area contributed by atoms with E-state index in [2.05, 4.69) is 26.4 Å². The zero-order valence-electron chi connectivity index (χ0n) is 18.5. The van der Waals surface area contributed by atoms with E-state index in [1.807, 2.05) is 45.0 Å². The summed E-state index contributed by atoms with van der Waals surface area (Å²) in [5, 5.41) is 17.2. The number of aliphatic hydroxyl groups is 1. The van der Waals surface area contributed by atoms with Gasteiger partial charge in [-0.15, -0.1) is 0 Å². The topological polar surface area (TPSA) is 108 Å². The number of hydrogen-bond donors (Lipinski definition) is 2. The Bertz CT molecular complexity index is 1060. The van der Waals surface area contributed by atoms with Gasteiger partial charge in [0.1, 0.15) is 17.5 Å². The summed E-state index contributed by atoms with van der Waals surface area (Å²) in [6.45, 7) is 7.62.